The van der Waals surface area contributed by atoms with E-state index in [1.807, 2.05) is 49.3 Å². The number of methoxy groups -OCH3 is 1. The molecule has 7 nitrogen and oxygen atoms in total. The van der Waals surface area contributed by atoms with Gasteiger partial charge in [-0.25, -0.2) is 4.98 Å². The third-order valence-corrected chi connectivity index (χ3v) is 5.37. The van der Waals surface area contributed by atoms with Gasteiger partial charge in [0.25, 0.3) is 0 Å². The van der Waals surface area contributed by atoms with Crippen LogP contribution in [0.5, 0.6) is 5.75 Å². The van der Waals surface area contributed by atoms with Gasteiger partial charge in [-0.2, -0.15) is 4.98 Å². The summed E-state index contributed by atoms with van der Waals surface area (Å²) in [5.41, 5.74) is 0.967. The minimum absolute atomic E-state index is 0.0624. The van der Waals surface area contributed by atoms with E-state index in [1.54, 1.807) is 13.3 Å². The molecule has 29 heavy (non-hydrogen) atoms. The summed E-state index contributed by atoms with van der Waals surface area (Å²) in [7, 11) is 5.58. The summed E-state index contributed by atoms with van der Waals surface area (Å²) in [4.78, 5) is 23.1. The zero-order valence-electron chi connectivity index (χ0n) is 17.5. The molecule has 1 aliphatic carbocycles. The number of rotatable bonds is 8. The van der Waals surface area contributed by atoms with Gasteiger partial charge >= 0.3 is 0 Å². The maximum atomic E-state index is 12.3. The molecule has 1 aliphatic rings. The molecule has 2 N–H and O–H groups in total. The Hall–Kier alpha value is -2.83. The molecule has 1 saturated carbocycles. The number of aromatic nitrogens is 2. The Kier molecular flexibility index (Phi) is 7.27. The second kappa shape index (κ2) is 10.1. The number of benzene rings is 1. The van der Waals surface area contributed by atoms with Crippen LogP contribution in [0.15, 0.2) is 36.5 Å². The molecule has 156 valence electrons. The topological polar surface area (TPSA) is 79.4 Å². The number of nitrogens with one attached hydrogen (secondary N) is 2. The quantitative estimate of drug-likeness (QED) is 0.713. The van der Waals surface area contributed by atoms with E-state index in [-0.39, 0.29) is 5.91 Å². The number of carbonyl (C=O) groups excluding carboxylic acids is 1. The molecule has 0 radical (unpaired) electrons. The van der Waals surface area contributed by atoms with Crippen molar-refractivity contribution in [1.82, 2.24) is 15.3 Å². The van der Waals surface area contributed by atoms with Crippen LogP contribution in [-0.2, 0) is 11.2 Å². The first-order chi connectivity index (χ1) is 14.0. The molecule has 0 unspecified atom stereocenters. The standard InChI is InChI=1S/C22H31N5O2/c1-27(2)20-11-12-23-22(26-20)25-18-9-7-16(8-10-18)15-24-21(28)14-17-5-4-6-19(13-17)29-3/h4-6,11-13,16,18H,7-10,14-15H2,1-3H3,(H,24,28)(H,23,25,26). The highest BCUT2D eigenvalue weighted by molar-refractivity contribution is 5.78. The van der Waals surface area contributed by atoms with Gasteiger partial charge in [0.1, 0.15) is 11.6 Å². The number of hydrogen-bond acceptors (Lipinski definition) is 6. The van der Waals surface area contributed by atoms with E-state index in [4.69, 9.17) is 4.74 Å². The van der Waals surface area contributed by atoms with Crippen molar-refractivity contribution in [2.75, 3.05) is 38.0 Å². The summed E-state index contributed by atoms with van der Waals surface area (Å²) in [6, 6.07) is 9.94. The molecule has 0 bridgehead atoms. The van der Waals surface area contributed by atoms with Crippen LogP contribution in [0.4, 0.5) is 11.8 Å². The van der Waals surface area contributed by atoms with Gasteiger partial charge in [0.05, 0.1) is 13.5 Å². The van der Waals surface area contributed by atoms with Crippen molar-refractivity contribution in [1.29, 1.82) is 0 Å². The Morgan fingerprint density at radius 3 is 2.72 bits per heavy atom. The van der Waals surface area contributed by atoms with Gasteiger partial charge in [-0.1, -0.05) is 12.1 Å². The molecule has 0 spiro atoms. The summed E-state index contributed by atoms with van der Waals surface area (Å²) < 4.78 is 5.21. The van der Waals surface area contributed by atoms with Crippen molar-refractivity contribution in [2.24, 2.45) is 5.92 Å². The van der Waals surface area contributed by atoms with E-state index in [0.717, 1.165) is 49.4 Å². The van der Waals surface area contributed by atoms with Crippen molar-refractivity contribution in [3.63, 3.8) is 0 Å². The summed E-state index contributed by atoms with van der Waals surface area (Å²) >= 11 is 0. The lowest BCUT2D eigenvalue weighted by Gasteiger charge is -2.29. The third-order valence-electron chi connectivity index (χ3n) is 5.37. The van der Waals surface area contributed by atoms with E-state index >= 15 is 0 Å². The molecule has 7 heteroatoms. The molecule has 1 aromatic carbocycles. The van der Waals surface area contributed by atoms with Gasteiger partial charge in [0.15, 0.2) is 0 Å². The fourth-order valence-corrected chi connectivity index (χ4v) is 3.65. The number of carbonyl (C=O) groups is 1. The van der Waals surface area contributed by atoms with Crippen LogP contribution >= 0.6 is 0 Å². The normalized spacial score (nSPS) is 18.7. The largest absolute Gasteiger partial charge is 0.497 e. The average Bonchev–Trinajstić information content (AvgIpc) is 2.73. The van der Waals surface area contributed by atoms with E-state index in [2.05, 4.69) is 20.6 Å². The van der Waals surface area contributed by atoms with Crippen LogP contribution in [0.3, 0.4) is 0 Å². The van der Waals surface area contributed by atoms with Crippen molar-refractivity contribution in [3.8, 4) is 5.75 Å². The zero-order valence-corrected chi connectivity index (χ0v) is 17.5. The highest BCUT2D eigenvalue weighted by atomic mass is 16.5. The lowest BCUT2D eigenvalue weighted by atomic mass is 9.86. The van der Waals surface area contributed by atoms with Crippen LogP contribution in [0.1, 0.15) is 31.2 Å². The van der Waals surface area contributed by atoms with Gasteiger partial charge in [0.2, 0.25) is 11.9 Å². The first-order valence-corrected chi connectivity index (χ1v) is 10.2. The van der Waals surface area contributed by atoms with E-state index in [0.29, 0.717) is 24.3 Å². The molecule has 1 fully saturated rings. The summed E-state index contributed by atoms with van der Waals surface area (Å²) in [6.07, 6.45) is 6.47. The highest BCUT2D eigenvalue weighted by Gasteiger charge is 2.22. The van der Waals surface area contributed by atoms with Gasteiger partial charge in [0, 0.05) is 32.9 Å². The fraction of sp³-hybridized carbons (Fsp3) is 0.500. The second-order valence-electron chi connectivity index (χ2n) is 7.83. The van der Waals surface area contributed by atoms with Gasteiger partial charge < -0.3 is 20.3 Å². The molecular weight excluding hydrogens is 366 g/mol. The fourth-order valence-electron chi connectivity index (χ4n) is 3.65. The Labute approximate surface area is 172 Å². The predicted molar refractivity (Wildman–Crippen MR) is 115 cm³/mol. The second-order valence-corrected chi connectivity index (χ2v) is 7.83. The summed E-state index contributed by atoms with van der Waals surface area (Å²) in [5, 5.41) is 6.55. The maximum absolute atomic E-state index is 12.3. The van der Waals surface area contributed by atoms with Crippen LogP contribution in [0.2, 0.25) is 0 Å². The molecule has 0 aliphatic heterocycles. The molecule has 1 heterocycles. The Bertz CT molecular complexity index is 803. The van der Waals surface area contributed by atoms with Gasteiger partial charge in [-0.3, -0.25) is 4.79 Å². The van der Waals surface area contributed by atoms with Crippen molar-refractivity contribution in [3.05, 3.63) is 42.1 Å². The number of amides is 1. The number of hydrogen-bond donors (Lipinski definition) is 2. The van der Waals surface area contributed by atoms with E-state index in [1.165, 1.54) is 0 Å². The maximum Gasteiger partial charge on any atom is 0.224 e. The van der Waals surface area contributed by atoms with Crippen molar-refractivity contribution in [2.45, 2.75) is 38.1 Å². The Balaban J connectivity index is 1.39. The highest BCUT2D eigenvalue weighted by Crippen LogP contribution is 2.26. The lowest BCUT2D eigenvalue weighted by Crippen LogP contribution is -2.34. The molecular formula is C22H31N5O2. The Morgan fingerprint density at radius 2 is 2.00 bits per heavy atom. The van der Waals surface area contributed by atoms with Gasteiger partial charge in [-0.05, 0) is 55.4 Å². The summed E-state index contributed by atoms with van der Waals surface area (Å²) in [5.74, 6) is 2.95. The monoisotopic (exact) mass is 397 g/mol. The molecule has 2 aromatic rings. The van der Waals surface area contributed by atoms with Crippen LogP contribution in [0, 0.1) is 5.92 Å². The number of nitrogens with zero attached hydrogens (tertiary/aromatic N) is 3. The first kappa shape index (κ1) is 20.9. The molecule has 0 saturated heterocycles. The Morgan fingerprint density at radius 1 is 1.21 bits per heavy atom. The molecule has 1 amide bonds. The van der Waals surface area contributed by atoms with Crippen LogP contribution < -0.4 is 20.3 Å². The SMILES string of the molecule is COc1cccc(CC(=O)NCC2CCC(Nc3nccc(N(C)C)n3)CC2)c1. The minimum Gasteiger partial charge on any atom is -0.497 e. The van der Waals surface area contributed by atoms with Crippen LogP contribution in [0.25, 0.3) is 0 Å². The van der Waals surface area contributed by atoms with Crippen LogP contribution in [-0.4, -0.2) is 49.7 Å². The zero-order chi connectivity index (χ0) is 20.6. The minimum atomic E-state index is 0.0624. The van der Waals surface area contributed by atoms with E-state index < -0.39 is 0 Å². The average molecular weight is 398 g/mol. The predicted octanol–water partition coefficient (Wildman–Crippen LogP) is 2.88. The van der Waals surface area contributed by atoms with Crippen molar-refractivity contribution >= 4 is 17.7 Å². The number of anilines is 2. The molecule has 0 atom stereocenters. The lowest BCUT2D eigenvalue weighted by molar-refractivity contribution is -0.120. The number of ether oxygens (including phenoxy) is 1. The molecule has 1 aromatic heterocycles. The smallest absolute Gasteiger partial charge is 0.224 e. The first-order valence-electron chi connectivity index (χ1n) is 10.2. The van der Waals surface area contributed by atoms with Gasteiger partial charge in [-0.15, -0.1) is 0 Å². The van der Waals surface area contributed by atoms with Crippen molar-refractivity contribution < 1.29 is 9.53 Å². The third kappa shape index (κ3) is 6.34. The molecule has 3 rings (SSSR count). The summed E-state index contributed by atoms with van der Waals surface area (Å²) in [6.45, 7) is 0.738. The van der Waals surface area contributed by atoms with E-state index in [9.17, 15) is 4.79 Å².